The van der Waals surface area contributed by atoms with Gasteiger partial charge in [0.15, 0.2) is 0 Å². The third-order valence-corrected chi connectivity index (χ3v) is 2.37. The Kier molecular flexibility index (Phi) is 2.23. The summed E-state index contributed by atoms with van der Waals surface area (Å²) in [5.41, 5.74) is 3.91. The fourth-order valence-electron chi connectivity index (χ4n) is 1.68. The zero-order valence-corrected chi connectivity index (χ0v) is 8.22. The van der Waals surface area contributed by atoms with E-state index in [-0.39, 0.29) is 0 Å². The quantitative estimate of drug-likeness (QED) is 0.716. The molecule has 2 rings (SSSR count). The zero-order valence-electron chi connectivity index (χ0n) is 8.22. The minimum absolute atomic E-state index is 0.626. The number of hydrogen-bond donors (Lipinski definition) is 2. The third kappa shape index (κ3) is 2.01. The van der Waals surface area contributed by atoms with Gasteiger partial charge in [0.2, 0.25) is 0 Å². The van der Waals surface area contributed by atoms with Gasteiger partial charge in [-0.2, -0.15) is 0 Å². The summed E-state index contributed by atoms with van der Waals surface area (Å²) in [6.45, 7) is 6.45. The maximum Gasteiger partial charge on any atom is 0.0510 e. The van der Waals surface area contributed by atoms with E-state index in [0.29, 0.717) is 6.04 Å². The van der Waals surface area contributed by atoms with E-state index in [9.17, 15) is 0 Å². The van der Waals surface area contributed by atoms with E-state index in [1.54, 1.807) is 0 Å². The van der Waals surface area contributed by atoms with Crippen LogP contribution in [-0.4, -0.2) is 19.1 Å². The summed E-state index contributed by atoms with van der Waals surface area (Å²) in [6.07, 6.45) is 0. The summed E-state index contributed by atoms with van der Waals surface area (Å²) in [5.74, 6) is 0. The van der Waals surface area contributed by atoms with Crippen LogP contribution in [0.1, 0.15) is 11.1 Å². The van der Waals surface area contributed by atoms with Gasteiger partial charge in [0.25, 0.3) is 0 Å². The first kappa shape index (κ1) is 8.57. The maximum atomic E-state index is 3.50. The number of benzene rings is 1. The van der Waals surface area contributed by atoms with Gasteiger partial charge in [0, 0.05) is 18.8 Å². The lowest BCUT2D eigenvalue weighted by atomic mass is 10.1. The molecule has 0 atom stereocenters. The normalized spacial score (nSPS) is 16.8. The zero-order chi connectivity index (χ0) is 9.26. The predicted octanol–water partition coefficient (Wildman–Crippen LogP) is 1.69. The highest BCUT2D eigenvalue weighted by atomic mass is 15.1. The van der Waals surface area contributed by atoms with Crippen molar-refractivity contribution in [1.82, 2.24) is 5.32 Å². The van der Waals surface area contributed by atoms with Crippen molar-refractivity contribution in [3.8, 4) is 0 Å². The van der Waals surface area contributed by atoms with Crippen LogP contribution in [0.5, 0.6) is 0 Å². The summed E-state index contributed by atoms with van der Waals surface area (Å²) in [5, 5.41) is 6.75. The summed E-state index contributed by atoms with van der Waals surface area (Å²) >= 11 is 0. The van der Waals surface area contributed by atoms with E-state index in [1.165, 1.54) is 16.8 Å². The molecule has 1 saturated heterocycles. The van der Waals surface area contributed by atoms with Crippen LogP contribution in [0, 0.1) is 13.8 Å². The van der Waals surface area contributed by atoms with Crippen LogP contribution in [-0.2, 0) is 0 Å². The van der Waals surface area contributed by atoms with Crippen molar-refractivity contribution in [3.05, 3.63) is 29.3 Å². The lowest BCUT2D eigenvalue weighted by molar-refractivity contribution is 0.472. The van der Waals surface area contributed by atoms with E-state index >= 15 is 0 Å². The smallest absolute Gasteiger partial charge is 0.0510 e. The summed E-state index contributed by atoms with van der Waals surface area (Å²) < 4.78 is 0. The molecule has 1 heterocycles. The molecule has 1 aromatic carbocycles. The molecular formula is C11H16N2. The molecule has 13 heavy (non-hydrogen) atoms. The van der Waals surface area contributed by atoms with Crippen LogP contribution in [0.25, 0.3) is 0 Å². The Morgan fingerprint density at radius 3 is 2.23 bits per heavy atom. The maximum absolute atomic E-state index is 3.50. The highest BCUT2D eigenvalue weighted by Gasteiger charge is 2.15. The monoisotopic (exact) mass is 176 g/mol. The van der Waals surface area contributed by atoms with Crippen molar-refractivity contribution in [2.24, 2.45) is 0 Å². The molecule has 0 spiro atoms. The molecule has 0 aromatic heterocycles. The Morgan fingerprint density at radius 1 is 1.15 bits per heavy atom. The van der Waals surface area contributed by atoms with Crippen molar-refractivity contribution in [2.45, 2.75) is 19.9 Å². The first-order valence-electron chi connectivity index (χ1n) is 4.79. The van der Waals surface area contributed by atoms with Crippen molar-refractivity contribution in [2.75, 3.05) is 18.4 Å². The number of nitrogens with one attached hydrogen (secondary N) is 2. The SMILES string of the molecule is Cc1cc(C)cc(NC2CNC2)c1. The van der Waals surface area contributed by atoms with Crippen LogP contribution in [0.2, 0.25) is 0 Å². The minimum atomic E-state index is 0.626. The molecule has 70 valence electrons. The van der Waals surface area contributed by atoms with Crippen LogP contribution in [0.4, 0.5) is 5.69 Å². The Morgan fingerprint density at radius 2 is 1.77 bits per heavy atom. The standard InChI is InChI=1S/C11H16N2/c1-8-3-9(2)5-10(4-8)13-11-6-12-7-11/h3-5,11-13H,6-7H2,1-2H3. The van der Waals surface area contributed by atoms with E-state index in [2.05, 4.69) is 42.7 Å². The predicted molar refractivity (Wildman–Crippen MR) is 56.2 cm³/mol. The molecule has 1 aliphatic rings. The second kappa shape index (κ2) is 3.38. The minimum Gasteiger partial charge on any atom is -0.380 e. The van der Waals surface area contributed by atoms with Gasteiger partial charge in [-0.25, -0.2) is 0 Å². The van der Waals surface area contributed by atoms with Gasteiger partial charge in [-0.3, -0.25) is 0 Å². The second-order valence-electron chi connectivity index (χ2n) is 3.88. The van der Waals surface area contributed by atoms with Crippen molar-refractivity contribution < 1.29 is 0 Å². The van der Waals surface area contributed by atoms with Crippen molar-refractivity contribution in [1.29, 1.82) is 0 Å². The number of aryl methyl sites for hydroxylation is 2. The van der Waals surface area contributed by atoms with Gasteiger partial charge in [-0.1, -0.05) is 6.07 Å². The van der Waals surface area contributed by atoms with E-state index in [0.717, 1.165) is 13.1 Å². The van der Waals surface area contributed by atoms with Crippen LogP contribution < -0.4 is 10.6 Å². The number of hydrogen-bond acceptors (Lipinski definition) is 2. The Hall–Kier alpha value is -1.02. The van der Waals surface area contributed by atoms with Crippen molar-refractivity contribution >= 4 is 5.69 Å². The molecule has 0 unspecified atom stereocenters. The van der Waals surface area contributed by atoms with Crippen LogP contribution in [0.15, 0.2) is 18.2 Å². The van der Waals surface area contributed by atoms with E-state index in [1.807, 2.05) is 0 Å². The molecule has 0 radical (unpaired) electrons. The first-order valence-corrected chi connectivity index (χ1v) is 4.79. The fourth-order valence-corrected chi connectivity index (χ4v) is 1.68. The van der Waals surface area contributed by atoms with Crippen molar-refractivity contribution in [3.63, 3.8) is 0 Å². The Bertz CT molecular complexity index is 283. The fraction of sp³-hybridized carbons (Fsp3) is 0.455. The molecule has 0 aliphatic carbocycles. The molecule has 1 aromatic rings. The average Bonchev–Trinajstić information content (AvgIpc) is 1.95. The summed E-state index contributed by atoms with van der Waals surface area (Å²) in [7, 11) is 0. The van der Waals surface area contributed by atoms with Gasteiger partial charge in [0.05, 0.1) is 6.04 Å². The van der Waals surface area contributed by atoms with E-state index in [4.69, 9.17) is 0 Å². The Balaban J connectivity index is 2.10. The van der Waals surface area contributed by atoms with Gasteiger partial charge < -0.3 is 10.6 Å². The van der Waals surface area contributed by atoms with E-state index < -0.39 is 0 Å². The Labute approximate surface area is 79.4 Å². The molecule has 0 saturated carbocycles. The largest absolute Gasteiger partial charge is 0.380 e. The summed E-state index contributed by atoms with van der Waals surface area (Å²) in [4.78, 5) is 0. The lowest BCUT2D eigenvalue weighted by Gasteiger charge is -2.29. The highest BCUT2D eigenvalue weighted by Crippen LogP contribution is 2.15. The molecule has 1 fully saturated rings. The van der Waals surface area contributed by atoms with Crippen LogP contribution in [0.3, 0.4) is 0 Å². The first-order chi connectivity index (χ1) is 6.24. The molecule has 1 aliphatic heterocycles. The number of rotatable bonds is 2. The van der Waals surface area contributed by atoms with Gasteiger partial charge in [0.1, 0.15) is 0 Å². The van der Waals surface area contributed by atoms with Gasteiger partial charge >= 0.3 is 0 Å². The molecule has 0 amide bonds. The number of anilines is 1. The second-order valence-corrected chi connectivity index (χ2v) is 3.88. The molecule has 2 N–H and O–H groups in total. The molecular weight excluding hydrogens is 160 g/mol. The highest BCUT2D eigenvalue weighted by molar-refractivity contribution is 5.49. The summed E-state index contributed by atoms with van der Waals surface area (Å²) in [6, 6.07) is 7.22. The lowest BCUT2D eigenvalue weighted by Crippen LogP contribution is -2.51. The molecule has 2 heteroatoms. The molecule has 2 nitrogen and oxygen atoms in total. The molecule has 0 bridgehead atoms. The van der Waals surface area contributed by atoms with Crippen LogP contribution >= 0.6 is 0 Å². The average molecular weight is 176 g/mol. The topological polar surface area (TPSA) is 24.1 Å². The van der Waals surface area contributed by atoms with Gasteiger partial charge in [-0.15, -0.1) is 0 Å². The third-order valence-electron chi connectivity index (χ3n) is 2.37. The van der Waals surface area contributed by atoms with Gasteiger partial charge in [-0.05, 0) is 37.1 Å².